The molecule has 1 heterocycles. The van der Waals surface area contributed by atoms with Crippen molar-refractivity contribution in [2.75, 3.05) is 13.1 Å². The van der Waals surface area contributed by atoms with Gasteiger partial charge in [-0.15, -0.1) is 0 Å². The average molecular weight is 324 g/mol. The quantitative estimate of drug-likeness (QED) is 0.862. The van der Waals surface area contributed by atoms with Gasteiger partial charge in [0.1, 0.15) is 0 Å². The smallest absolute Gasteiger partial charge is 0.243 e. The topological polar surface area (TPSA) is 63.4 Å². The molecule has 0 spiro atoms. The van der Waals surface area contributed by atoms with Gasteiger partial charge < -0.3 is 5.73 Å². The van der Waals surface area contributed by atoms with Crippen molar-refractivity contribution in [1.82, 2.24) is 4.31 Å². The molecular formula is C15H20N2O2S2. The Balaban J connectivity index is 1.80. The van der Waals surface area contributed by atoms with Crippen molar-refractivity contribution in [3.05, 3.63) is 29.3 Å². The molecule has 0 amide bonds. The normalized spacial score (nSPS) is 20.4. The maximum atomic E-state index is 12.7. The van der Waals surface area contributed by atoms with Crippen LogP contribution in [0.25, 0.3) is 0 Å². The van der Waals surface area contributed by atoms with E-state index in [1.165, 1.54) is 11.1 Å². The largest absolute Gasteiger partial charge is 0.393 e. The fourth-order valence-electron chi connectivity index (χ4n) is 3.24. The first-order valence-corrected chi connectivity index (χ1v) is 9.24. The van der Waals surface area contributed by atoms with E-state index in [4.69, 9.17) is 18.0 Å². The van der Waals surface area contributed by atoms with Crippen LogP contribution in [0.15, 0.2) is 23.1 Å². The van der Waals surface area contributed by atoms with Gasteiger partial charge in [0.25, 0.3) is 0 Å². The van der Waals surface area contributed by atoms with Crippen molar-refractivity contribution in [3.8, 4) is 0 Å². The van der Waals surface area contributed by atoms with Gasteiger partial charge in [0.05, 0.1) is 9.88 Å². The van der Waals surface area contributed by atoms with Gasteiger partial charge in [-0.1, -0.05) is 18.3 Å². The molecule has 2 aliphatic rings. The minimum atomic E-state index is -3.38. The van der Waals surface area contributed by atoms with Crippen LogP contribution in [0.4, 0.5) is 0 Å². The lowest BCUT2D eigenvalue weighted by molar-refractivity contribution is 0.316. The van der Waals surface area contributed by atoms with Crippen LogP contribution in [0.2, 0.25) is 0 Å². The lowest BCUT2D eigenvalue weighted by atomic mass is 9.98. The van der Waals surface area contributed by atoms with Crippen molar-refractivity contribution in [3.63, 3.8) is 0 Å². The van der Waals surface area contributed by atoms with Crippen molar-refractivity contribution >= 4 is 27.2 Å². The summed E-state index contributed by atoms with van der Waals surface area (Å²) in [6, 6.07) is 5.58. The van der Waals surface area contributed by atoms with Gasteiger partial charge in [-0.05, 0) is 55.4 Å². The molecule has 1 aliphatic carbocycles. The highest BCUT2D eigenvalue weighted by Crippen LogP contribution is 2.28. The maximum Gasteiger partial charge on any atom is 0.243 e. The van der Waals surface area contributed by atoms with E-state index in [1.807, 2.05) is 12.1 Å². The highest BCUT2D eigenvalue weighted by molar-refractivity contribution is 7.89. The predicted octanol–water partition coefficient (Wildman–Crippen LogP) is 1.86. The van der Waals surface area contributed by atoms with E-state index in [9.17, 15) is 8.42 Å². The second-order valence-electron chi connectivity index (χ2n) is 5.86. The van der Waals surface area contributed by atoms with Crippen LogP contribution < -0.4 is 5.73 Å². The van der Waals surface area contributed by atoms with E-state index in [0.717, 1.165) is 32.1 Å². The summed E-state index contributed by atoms with van der Waals surface area (Å²) in [5, 5.41) is 0. The van der Waals surface area contributed by atoms with Crippen LogP contribution >= 0.6 is 12.2 Å². The van der Waals surface area contributed by atoms with E-state index in [0.29, 0.717) is 23.0 Å². The van der Waals surface area contributed by atoms with E-state index >= 15 is 0 Å². The highest BCUT2D eigenvalue weighted by atomic mass is 32.2. The first kappa shape index (κ1) is 14.9. The molecule has 1 aromatic rings. The predicted molar refractivity (Wildman–Crippen MR) is 86.7 cm³/mol. The van der Waals surface area contributed by atoms with E-state index < -0.39 is 10.0 Å². The molecule has 0 radical (unpaired) electrons. The fourth-order valence-corrected chi connectivity index (χ4v) is 4.99. The lowest BCUT2D eigenvalue weighted by Gasteiger charge is -2.30. The van der Waals surface area contributed by atoms with Gasteiger partial charge in [-0.3, -0.25) is 0 Å². The average Bonchev–Trinajstić information content (AvgIpc) is 2.94. The standard InChI is InChI=1S/C15H20N2O2S2/c16-15(20)12-6-8-17(9-7-12)21(18,19)14-5-4-11-2-1-3-13(11)10-14/h4-5,10,12H,1-3,6-9H2,(H2,16,20). The van der Waals surface area contributed by atoms with Gasteiger partial charge in [0.15, 0.2) is 0 Å². The zero-order valence-corrected chi connectivity index (χ0v) is 13.5. The molecule has 1 saturated heterocycles. The Morgan fingerprint density at radius 2 is 1.86 bits per heavy atom. The number of fused-ring (bicyclic) bond motifs is 1. The Bertz CT molecular complexity index is 662. The molecule has 0 saturated carbocycles. The molecule has 6 heteroatoms. The molecule has 0 unspecified atom stereocenters. The number of benzene rings is 1. The third-order valence-corrected chi connectivity index (χ3v) is 6.79. The van der Waals surface area contributed by atoms with E-state index in [1.54, 1.807) is 10.4 Å². The van der Waals surface area contributed by atoms with Crippen LogP contribution in [0.5, 0.6) is 0 Å². The van der Waals surface area contributed by atoms with Gasteiger partial charge >= 0.3 is 0 Å². The number of rotatable bonds is 3. The molecule has 3 rings (SSSR count). The Kier molecular flexibility index (Phi) is 4.03. The molecule has 2 N–H and O–H groups in total. The third-order valence-electron chi connectivity index (χ3n) is 4.56. The first-order valence-electron chi connectivity index (χ1n) is 7.40. The molecule has 21 heavy (non-hydrogen) atoms. The summed E-state index contributed by atoms with van der Waals surface area (Å²) in [5.41, 5.74) is 8.14. The molecule has 0 bridgehead atoms. The summed E-state index contributed by atoms with van der Waals surface area (Å²) in [4.78, 5) is 0.932. The summed E-state index contributed by atoms with van der Waals surface area (Å²) < 4.78 is 27.0. The SMILES string of the molecule is NC(=S)C1CCN(S(=O)(=O)c2ccc3c(c2)CCC3)CC1. The first-order chi connectivity index (χ1) is 9.98. The summed E-state index contributed by atoms with van der Waals surface area (Å²) in [6.07, 6.45) is 4.62. The number of nitrogens with zero attached hydrogens (tertiary/aromatic N) is 1. The number of thiocarbonyl (C=S) groups is 1. The van der Waals surface area contributed by atoms with Gasteiger partial charge in [0.2, 0.25) is 10.0 Å². The third kappa shape index (κ3) is 2.84. The van der Waals surface area contributed by atoms with Crippen LogP contribution in [-0.4, -0.2) is 30.8 Å². The molecule has 0 atom stereocenters. The minimum Gasteiger partial charge on any atom is -0.393 e. The van der Waals surface area contributed by atoms with Gasteiger partial charge in [-0.25, -0.2) is 8.42 Å². The molecule has 4 nitrogen and oxygen atoms in total. The van der Waals surface area contributed by atoms with Crippen LogP contribution in [-0.2, 0) is 22.9 Å². The second-order valence-corrected chi connectivity index (χ2v) is 8.27. The van der Waals surface area contributed by atoms with Crippen molar-refractivity contribution in [1.29, 1.82) is 0 Å². The number of piperidine rings is 1. The molecule has 1 fully saturated rings. The van der Waals surface area contributed by atoms with E-state index in [2.05, 4.69) is 0 Å². The zero-order chi connectivity index (χ0) is 15.0. The Morgan fingerprint density at radius 1 is 1.19 bits per heavy atom. The molecular weight excluding hydrogens is 304 g/mol. The maximum absolute atomic E-state index is 12.7. The Morgan fingerprint density at radius 3 is 2.52 bits per heavy atom. The van der Waals surface area contributed by atoms with Crippen molar-refractivity contribution < 1.29 is 8.42 Å². The fraction of sp³-hybridized carbons (Fsp3) is 0.533. The van der Waals surface area contributed by atoms with Crippen molar-refractivity contribution in [2.24, 2.45) is 11.7 Å². The van der Waals surface area contributed by atoms with E-state index in [-0.39, 0.29) is 5.92 Å². The van der Waals surface area contributed by atoms with Gasteiger partial charge in [0, 0.05) is 19.0 Å². The number of hydrogen-bond acceptors (Lipinski definition) is 3. The Hall–Kier alpha value is -0.980. The minimum absolute atomic E-state index is 0.173. The van der Waals surface area contributed by atoms with Crippen LogP contribution in [0.1, 0.15) is 30.4 Å². The summed E-state index contributed by atoms with van der Waals surface area (Å²) in [6.45, 7) is 1.00. The molecule has 1 aromatic carbocycles. The molecule has 0 aromatic heterocycles. The second kappa shape index (κ2) is 5.66. The highest BCUT2D eigenvalue weighted by Gasteiger charge is 2.30. The number of aryl methyl sites for hydroxylation is 2. The van der Waals surface area contributed by atoms with Crippen molar-refractivity contribution in [2.45, 2.75) is 37.0 Å². The molecule has 114 valence electrons. The summed E-state index contributed by atoms with van der Waals surface area (Å²) in [7, 11) is -3.38. The number of nitrogens with two attached hydrogens (primary N) is 1. The monoisotopic (exact) mass is 324 g/mol. The summed E-state index contributed by atoms with van der Waals surface area (Å²) in [5.74, 6) is 0.173. The summed E-state index contributed by atoms with van der Waals surface area (Å²) >= 11 is 5.00. The number of hydrogen-bond donors (Lipinski definition) is 1. The Labute approximate surface area is 131 Å². The van der Waals surface area contributed by atoms with Gasteiger partial charge in [-0.2, -0.15) is 4.31 Å². The zero-order valence-electron chi connectivity index (χ0n) is 11.9. The lowest BCUT2D eigenvalue weighted by Crippen LogP contribution is -2.41. The molecule has 1 aliphatic heterocycles. The van der Waals surface area contributed by atoms with Crippen LogP contribution in [0.3, 0.4) is 0 Å². The number of sulfonamides is 1. The van der Waals surface area contributed by atoms with Crippen LogP contribution in [0, 0.1) is 5.92 Å².